The van der Waals surface area contributed by atoms with E-state index >= 15 is 0 Å². The Kier molecular flexibility index (Phi) is 7.25. The van der Waals surface area contributed by atoms with Gasteiger partial charge in [-0.3, -0.25) is 4.79 Å². The van der Waals surface area contributed by atoms with Gasteiger partial charge in [-0.05, 0) is 32.4 Å². The summed E-state index contributed by atoms with van der Waals surface area (Å²) in [6, 6.07) is 0. The highest BCUT2D eigenvalue weighted by Crippen LogP contribution is 2.17. The summed E-state index contributed by atoms with van der Waals surface area (Å²) in [5.41, 5.74) is 0. The first kappa shape index (κ1) is 14.5. The molecule has 1 saturated heterocycles. The lowest BCUT2D eigenvalue weighted by Crippen LogP contribution is -2.39. The molecule has 0 aliphatic carbocycles. The highest BCUT2D eigenvalue weighted by atomic mass is 16.4. The lowest BCUT2D eigenvalue weighted by Gasteiger charge is -2.30. The maximum atomic E-state index is 10.9. The number of unbranched alkanes of at least 4 members (excludes halogenated alkanes) is 5. The van der Waals surface area contributed by atoms with E-state index in [2.05, 4.69) is 11.8 Å². The van der Waals surface area contributed by atoms with E-state index in [0.29, 0.717) is 0 Å². The number of carbonyl (C=O) groups is 1. The minimum atomic E-state index is -0.613. The van der Waals surface area contributed by atoms with Crippen molar-refractivity contribution in [3.63, 3.8) is 0 Å². The van der Waals surface area contributed by atoms with Gasteiger partial charge < -0.3 is 10.0 Å². The number of hydrogen-bond acceptors (Lipinski definition) is 2. The Morgan fingerprint density at radius 3 is 2.65 bits per heavy atom. The lowest BCUT2D eigenvalue weighted by molar-refractivity contribution is -0.143. The molecule has 0 aromatic rings. The fourth-order valence-electron chi connectivity index (χ4n) is 2.58. The molecule has 1 aliphatic heterocycles. The first-order valence-electron chi connectivity index (χ1n) is 7.19. The van der Waals surface area contributed by atoms with Gasteiger partial charge in [-0.15, -0.1) is 0 Å². The van der Waals surface area contributed by atoms with Gasteiger partial charge in [0.25, 0.3) is 0 Å². The summed E-state index contributed by atoms with van der Waals surface area (Å²) in [6.07, 6.45) is 9.79. The van der Waals surface area contributed by atoms with Crippen molar-refractivity contribution in [2.45, 2.75) is 58.3 Å². The highest BCUT2D eigenvalue weighted by Gasteiger charge is 2.24. The third kappa shape index (κ3) is 6.06. The van der Waals surface area contributed by atoms with Crippen molar-refractivity contribution in [3.8, 4) is 0 Å². The van der Waals surface area contributed by atoms with Crippen LogP contribution in [0, 0.1) is 5.92 Å². The minimum absolute atomic E-state index is 0.121. The number of nitrogens with zero attached hydrogens (tertiary/aromatic N) is 1. The second-order valence-corrected chi connectivity index (χ2v) is 5.25. The SMILES string of the molecule is CCCCCCCCN1CCC[C@H](C(=O)O)C1. The summed E-state index contributed by atoms with van der Waals surface area (Å²) in [6.45, 7) is 5.19. The Morgan fingerprint density at radius 1 is 1.24 bits per heavy atom. The van der Waals surface area contributed by atoms with Gasteiger partial charge in [-0.25, -0.2) is 0 Å². The lowest BCUT2D eigenvalue weighted by atomic mass is 9.98. The molecule has 3 heteroatoms. The Labute approximate surface area is 105 Å². The van der Waals surface area contributed by atoms with Crippen LogP contribution >= 0.6 is 0 Å². The van der Waals surface area contributed by atoms with Gasteiger partial charge in [0.05, 0.1) is 5.92 Å². The molecule has 1 aliphatic rings. The second kappa shape index (κ2) is 8.51. The largest absolute Gasteiger partial charge is 0.481 e. The van der Waals surface area contributed by atoms with E-state index in [1.807, 2.05) is 0 Å². The second-order valence-electron chi connectivity index (χ2n) is 5.25. The summed E-state index contributed by atoms with van der Waals surface area (Å²) in [5, 5.41) is 9.00. The predicted molar refractivity (Wildman–Crippen MR) is 70.2 cm³/mol. The molecule has 0 amide bonds. The average Bonchev–Trinajstić information content (AvgIpc) is 2.34. The molecule has 1 atom stereocenters. The summed E-state index contributed by atoms with van der Waals surface area (Å²) in [7, 11) is 0. The predicted octanol–water partition coefficient (Wildman–Crippen LogP) is 3.14. The van der Waals surface area contributed by atoms with Gasteiger partial charge in [0.2, 0.25) is 0 Å². The van der Waals surface area contributed by atoms with Crippen LogP contribution < -0.4 is 0 Å². The van der Waals surface area contributed by atoms with Crippen LogP contribution in [0.15, 0.2) is 0 Å². The van der Waals surface area contributed by atoms with Gasteiger partial charge in [0, 0.05) is 6.54 Å². The Balaban J connectivity index is 2.04. The van der Waals surface area contributed by atoms with Gasteiger partial charge >= 0.3 is 5.97 Å². The molecule has 0 aromatic heterocycles. The quantitative estimate of drug-likeness (QED) is 0.664. The van der Waals surface area contributed by atoms with Crippen molar-refractivity contribution in [1.29, 1.82) is 0 Å². The standard InChI is InChI=1S/C14H27NO2/c1-2-3-4-5-6-7-10-15-11-8-9-13(12-15)14(16)17/h13H,2-12H2,1H3,(H,16,17)/t13-/m0/s1. The molecule has 0 unspecified atom stereocenters. The molecular formula is C14H27NO2. The van der Waals surface area contributed by atoms with Crippen LogP contribution in [-0.4, -0.2) is 35.6 Å². The van der Waals surface area contributed by atoms with E-state index in [-0.39, 0.29) is 5.92 Å². The van der Waals surface area contributed by atoms with Crippen molar-refractivity contribution in [1.82, 2.24) is 4.90 Å². The van der Waals surface area contributed by atoms with Gasteiger partial charge in [0.1, 0.15) is 0 Å². The van der Waals surface area contributed by atoms with Crippen molar-refractivity contribution in [2.75, 3.05) is 19.6 Å². The molecule has 1 fully saturated rings. The number of hydrogen-bond donors (Lipinski definition) is 1. The van der Waals surface area contributed by atoms with Crippen LogP contribution in [-0.2, 0) is 4.79 Å². The third-order valence-corrected chi connectivity index (χ3v) is 3.68. The first-order chi connectivity index (χ1) is 8.24. The molecule has 100 valence electrons. The molecule has 0 saturated carbocycles. The van der Waals surface area contributed by atoms with E-state index in [4.69, 9.17) is 5.11 Å². The van der Waals surface area contributed by atoms with E-state index in [1.54, 1.807) is 0 Å². The maximum absolute atomic E-state index is 10.9. The first-order valence-corrected chi connectivity index (χ1v) is 7.19. The summed E-state index contributed by atoms with van der Waals surface area (Å²) in [5.74, 6) is -0.735. The zero-order valence-electron chi connectivity index (χ0n) is 11.2. The number of carboxylic acids is 1. The number of carboxylic acid groups (broad SMARTS) is 1. The Hall–Kier alpha value is -0.570. The van der Waals surface area contributed by atoms with Crippen LogP contribution in [0.4, 0.5) is 0 Å². The summed E-state index contributed by atoms with van der Waals surface area (Å²) in [4.78, 5) is 13.3. The van der Waals surface area contributed by atoms with E-state index in [0.717, 1.165) is 32.5 Å². The molecule has 0 bridgehead atoms. The number of likely N-dealkylation sites (tertiary alicyclic amines) is 1. The zero-order valence-corrected chi connectivity index (χ0v) is 11.2. The Morgan fingerprint density at radius 2 is 1.94 bits per heavy atom. The average molecular weight is 241 g/mol. The highest BCUT2D eigenvalue weighted by molar-refractivity contribution is 5.70. The zero-order chi connectivity index (χ0) is 12.5. The van der Waals surface area contributed by atoms with Crippen molar-refractivity contribution in [3.05, 3.63) is 0 Å². The number of rotatable bonds is 8. The topological polar surface area (TPSA) is 40.5 Å². The smallest absolute Gasteiger partial charge is 0.307 e. The summed E-state index contributed by atoms with van der Waals surface area (Å²) >= 11 is 0. The normalized spacial score (nSPS) is 21.6. The number of piperidine rings is 1. The van der Waals surface area contributed by atoms with E-state index in [9.17, 15) is 4.79 Å². The molecule has 17 heavy (non-hydrogen) atoms. The molecule has 3 nitrogen and oxygen atoms in total. The van der Waals surface area contributed by atoms with Gasteiger partial charge in [0.15, 0.2) is 0 Å². The molecule has 0 aromatic carbocycles. The van der Waals surface area contributed by atoms with Gasteiger partial charge in [-0.2, -0.15) is 0 Å². The van der Waals surface area contributed by atoms with Crippen LogP contribution in [0.5, 0.6) is 0 Å². The molecule has 1 N–H and O–H groups in total. The number of aliphatic carboxylic acids is 1. The molecule has 0 spiro atoms. The molecule has 0 radical (unpaired) electrons. The monoisotopic (exact) mass is 241 g/mol. The van der Waals surface area contributed by atoms with Crippen LogP contribution in [0.3, 0.4) is 0 Å². The van der Waals surface area contributed by atoms with Crippen LogP contribution in [0.1, 0.15) is 58.3 Å². The Bertz CT molecular complexity index is 218. The summed E-state index contributed by atoms with van der Waals surface area (Å²) < 4.78 is 0. The van der Waals surface area contributed by atoms with Crippen LogP contribution in [0.2, 0.25) is 0 Å². The molecule has 1 heterocycles. The fraction of sp³-hybridized carbons (Fsp3) is 0.929. The maximum Gasteiger partial charge on any atom is 0.307 e. The van der Waals surface area contributed by atoms with Crippen molar-refractivity contribution in [2.24, 2.45) is 5.92 Å². The van der Waals surface area contributed by atoms with E-state index in [1.165, 1.54) is 38.5 Å². The third-order valence-electron chi connectivity index (χ3n) is 3.68. The van der Waals surface area contributed by atoms with Crippen molar-refractivity contribution < 1.29 is 9.90 Å². The molecule has 1 rings (SSSR count). The minimum Gasteiger partial charge on any atom is -0.481 e. The van der Waals surface area contributed by atoms with Crippen molar-refractivity contribution >= 4 is 5.97 Å². The van der Waals surface area contributed by atoms with E-state index < -0.39 is 5.97 Å². The van der Waals surface area contributed by atoms with Gasteiger partial charge in [-0.1, -0.05) is 39.0 Å². The molecular weight excluding hydrogens is 214 g/mol. The van der Waals surface area contributed by atoms with Crippen LogP contribution in [0.25, 0.3) is 0 Å². The fourth-order valence-corrected chi connectivity index (χ4v) is 2.58.